The lowest BCUT2D eigenvalue weighted by atomic mass is 10.0. The Bertz CT molecular complexity index is 993. The van der Waals surface area contributed by atoms with Gasteiger partial charge in [0.2, 0.25) is 0 Å². The van der Waals surface area contributed by atoms with Crippen molar-refractivity contribution in [2.75, 3.05) is 26.1 Å². The zero-order valence-electron chi connectivity index (χ0n) is 17.3. The topological polar surface area (TPSA) is 144 Å². The van der Waals surface area contributed by atoms with E-state index in [9.17, 15) is 24.3 Å². The molecular weight excluding hydrogens is 442 g/mol. The molecule has 0 aliphatic carbocycles. The van der Waals surface area contributed by atoms with Gasteiger partial charge in [-0.3, -0.25) is 19.3 Å². The highest BCUT2D eigenvalue weighted by Crippen LogP contribution is 2.40. The number of carboxylic acids is 1. The minimum atomic E-state index is -1.30. The molecule has 2 heterocycles. The summed E-state index contributed by atoms with van der Waals surface area (Å²) >= 11 is 1.28. The van der Waals surface area contributed by atoms with E-state index in [1.54, 1.807) is 24.3 Å². The molecule has 0 bridgehead atoms. The summed E-state index contributed by atoms with van der Waals surface area (Å²) in [5.74, 6) is -2.28. The number of benzene rings is 1. The van der Waals surface area contributed by atoms with Gasteiger partial charge >= 0.3 is 11.9 Å². The van der Waals surface area contributed by atoms with Gasteiger partial charge < -0.3 is 24.7 Å². The normalized spacial score (nSPS) is 19.8. The zero-order chi connectivity index (χ0) is 23.3. The van der Waals surface area contributed by atoms with Crippen LogP contribution in [0.5, 0.6) is 5.75 Å². The number of thioether (sulfide) groups is 1. The van der Waals surface area contributed by atoms with E-state index in [4.69, 9.17) is 9.47 Å². The molecule has 1 aromatic carbocycles. The second kappa shape index (κ2) is 10.2. The monoisotopic (exact) mass is 463 g/mol. The molecule has 11 nitrogen and oxygen atoms in total. The minimum Gasteiger partial charge on any atom is -0.483 e. The van der Waals surface area contributed by atoms with E-state index in [-0.39, 0.29) is 24.7 Å². The van der Waals surface area contributed by atoms with Gasteiger partial charge in [-0.2, -0.15) is 0 Å². The molecule has 0 saturated carbocycles. The quantitative estimate of drug-likeness (QED) is 0.229. The highest BCUT2D eigenvalue weighted by Gasteiger charge is 2.54. The van der Waals surface area contributed by atoms with Gasteiger partial charge in [-0.1, -0.05) is 17.3 Å². The second-order valence-electron chi connectivity index (χ2n) is 6.74. The number of ether oxygens (including phenoxy) is 2. The molecule has 3 rings (SSSR count). The molecule has 32 heavy (non-hydrogen) atoms. The molecule has 2 aliphatic heterocycles. The Hall–Kier alpha value is -3.54. The SMILES string of the molecule is CO/N=C/c1ccccc1OCC(=O)NC1C(=O)N2C(C(=O)O)=C(COC(C)=O)CS[C@H]12. The van der Waals surface area contributed by atoms with Gasteiger partial charge in [0, 0.05) is 23.8 Å². The summed E-state index contributed by atoms with van der Waals surface area (Å²) in [6.07, 6.45) is 1.44. The first-order valence-electron chi connectivity index (χ1n) is 9.44. The van der Waals surface area contributed by atoms with Crippen LogP contribution in [0.3, 0.4) is 0 Å². The van der Waals surface area contributed by atoms with E-state index < -0.39 is 35.2 Å². The van der Waals surface area contributed by atoms with Crippen LogP contribution >= 0.6 is 11.8 Å². The van der Waals surface area contributed by atoms with Crippen LogP contribution in [0.4, 0.5) is 0 Å². The van der Waals surface area contributed by atoms with Crippen molar-refractivity contribution in [2.45, 2.75) is 18.3 Å². The van der Waals surface area contributed by atoms with E-state index in [0.717, 1.165) is 4.90 Å². The van der Waals surface area contributed by atoms with Crippen LogP contribution in [0.15, 0.2) is 40.7 Å². The van der Waals surface area contributed by atoms with Crippen LogP contribution in [-0.4, -0.2) is 77.5 Å². The summed E-state index contributed by atoms with van der Waals surface area (Å²) in [6.45, 7) is 0.653. The van der Waals surface area contributed by atoms with Crippen molar-refractivity contribution in [3.05, 3.63) is 41.1 Å². The predicted molar refractivity (Wildman–Crippen MR) is 113 cm³/mol. The van der Waals surface area contributed by atoms with Crippen LogP contribution in [0.25, 0.3) is 0 Å². The van der Waals surface area contributed by atoms with Crippen molar-refractivity contribution >= 4 is 41.7 Å². The van der Waals surface area contributed by atoms with Crippen molar-refractivity contribution in [1.82, 2.24) is 10.2 Å². The van der Waals surface area contributed by atoms with Gasteiger partial charge in [-0.15, -0.1) is 11.8 Å². The summed E-state index contributed by atoms with van der Waals surface area (Å²) in [4.78, 5) is 53.5. The molecule has 1 unspecified atom stereocenters. The lowest BCUT2D eigenvalue weighted by Gasteiger charge is -2.49. The highest BCUT2D eigenvalue weighted by molar-refractivity contribution is 8.00. The molecule has 0 radical (unpaired) electrons. The summed E-state index contributed by atoms with van der Waals surface area (Å²) in [5.41, 5.74) is 0.713. The lowest BCUT2D eigenvalue weighted by molar-refractivity contribution is -0.151. The number of carbonyl (C=O) groups is 4. The molecule has 2 aliphatic rings. The maximum atomic E-state index is 12.6. The van der Waals surface area contributed by atoms with Crippen LogP contribution in [0.2, 0.25) is 0 Å². The van der Waals surface area contributed by atoms with Crippen LogP contribution in [0, 0.1) is 0 Å². The summed E-state index contributed by atoms with van der Waals surface area (Å²) in [6, 6.07) is 6.01. The Kier molecular flexibility index (Phi) is 7.36. The van der Waals surface area contributed by atoms with E-state index in [0.29, 0.717) is 16.9 Å². The Balaban J connectivity index is 1.62. The molecule has 2 atom stereocenters. The number of hydrogen-bond acceptors (Lipinski definition) is 9. The van der Waals surface area contributed by atoms with Crippen LogP contribution in [0.1, 0.15) is 12.5 Å². The third-order valence-corrected chi connectivity index (χ3v) is 5.93. The number of oxime groups is 1. The molecule has 0 spiro atoms. The third-order valence-electron chi connectivity index (χ3n) is 4.59. The van der Waals surface area contributed by atoms with Crippen LogP contribution < -0.4 is 10.1 Å². The fourth-order valence-corrected chi connectivity index (χ4v) is 4.50. The second-order valence-corrected chi connectivity index (χ2v) is 7.84. The summed E-state index contributed by atoms with van der Waals surface area (Å²) in [5, 5.41) is 15.2. The Morgan fingerprint density at radius 1 is 1.34 bits per heavy atom. The number of hydrogen-bond donors (Lipinski definition) is 2. The minimum absolute atomic E-state index is 0.211. The maximum absolute atomic E-state index is 12.6. The number of para-hydroxylation sites is 1. The Morgan fingerprint density at radius 2 is 2.09 bits per heavy atom. The number of nitrogens with one attached hydrogen (secondary N) is 1. The van der Waals surface area contributed by atoms with Crippen molar-refractivity contribution in [2.24, 2.45) is 5.16 Å². The van der Waals surface area contributed by atoms with Gasteiger partial charge in [0.1, 0.15) is 36.6 Å². The van der Waals surface area contributed by atoms with E-state index >= 15 is 0 Å². The lowest BCUT2D eigenvalue weighted by Crippen LogP contribution is -2.71. The predicted octanol–water partition coefficient (Wildman–Crippen LogP) is 0.347. The van der Waals surface area contributed by atoms with Crippen molar-refractivity contribution in [3.63, 3.8) is 0 Å². The van der Waals surface area contributed by atoms with Gasteiger partial charge in [0.05, 0.1) is 6.21 Å². The zero-order valence-corrected chi connectivity index (χ0v) is 18.1. The van der Waals surface area contributed by atoms with E-state index in [1.165, 1.54) is 32.0 Å². The fourth-order valence-electron chi connectivity index (χ4n) is 3.17. The number of amides is 2. The number of carboxylic acid groups (broad SMARTS) is 1. The van der Waals surface area contributed by atoms with Gasteiger partial charge in [0.25, 0.3) is 11.8 Å². The Labute approximate surface area is 187 Å². The molecule has 2 N–H and O–H groups in total. The van der Waals surface area contributed by atoms with Crippen molar-refractivity contribution in [1.29, 1.82) is 0 Å². The number of fused-ring (bicyclic) bond motifs is 1. The number of carbonyl (C=O) groups excluding carboxylic acids is 3. The molecule has 1 fully saturated rings. The number of aliphatic carboxylic acids is 1. The molecule has 1 saturated heterocycles. The largest absolute Gasteiger partial charge is 0.483 e. The third kappa shape index (κ3) is 5.02. The average molecular weight is 463 g/mol. The first-order chi connectivity index (χ1) is 15.3. The molecule has 170 valence electrons. The molecule has 2 amide bonds. The van der Waals surface area contributed by atoms with E-state index in [2.05, 4.69) is 15.3 Å². The first kappa shape index (κ1) is 23.1. The van der Waals surface area contributed by atoms with Gasteiger partial charge in [-0.05, 0) is 12.1 Å². The van der Waals surface area contributed by atoms with Gasteiger partial charge in [-0.25, -0.2) is 4.79 Å². The van der Waals surface area contributed by atoms with Crippen LogP contribution in [-0.2, 0) is 28.8 Å². The number of nitrogens with zero attached hydrogens (tertiary/aromatic N) is 2. The number of β-lactam (4-membered cyclic amide) rings is 1. The average Bonchev–Trinajstić information content (AvgIpc) is 2.77. The van der Waals surface area contributed by atoms with Crippen molar-refractivity contribution < 1.29 is 38.6 Å². The molecule has 12 heteroatoms. The number of rotatable bonds is 9. The smallest absolute Gasteiger partial charge is 0.352 e. The summed E-state index contributed by atoms with van der Waals surface area (Å²) in [7, 11) is 1.40. The maximum Gasteiger partial charge on any atom is 0.352 e. The van der Waals surface area contributed by atoms with E-state index in [1.807, 2.05) is 0 Å². The van der Waals surface area contributed by atoms with Gasteiger partial charge in [0.15, 0.2) is 6.61 Å². The molecular formula is C20H21N3O8S. The first-order valence-corrected chi connectivity index (χ1v) is 10.5. The standard InChI is InChI=1S/C20H21N3O8S/c1-11(24)30-8-13-10-32-19-16(18(26)23(19)17(13)20(27)28)22-15(25)9-31-14-6-4-3-5-12(14)7-21-29-2/h3-7,16,19H,8-10H2,1-2H3,(H,22,25)(H,27,28)/b21-7+/t16?,19-/m1/s1. The van der Waals surface area contributed by atoms with Crippen molar-refractivity contribution in [3.8, 4) is 5.75 Å². The summed E-state index contributed by atoms with van der Waals surface area (Å²) < 4.78 is 10.4. The molecule has 1 aromatic rings. The molecule has 0 aromatic heterocycles. The fraction of sp³-hybridized carbons (Fsp3) is 0.350. The Morgan fingerprint density at radius 3 is 2.78 bits per heavy atom. The number of esters is 1. The highest BCUT2D eigenvalue weighted by atomic mass is 32.2.